The standard InChI is InChI=1S/C48H33N.C42H29F3.C42H32O/c1-48(2)41-21-11-8-16-33(41)39-29-32(25-27-42(39)48)45-34-17-6-7-18-35(34)46(36-26-24-31(28-40(36)45)30-14-4-3-5-15-30)47-37-19-9-12-22-43(37)49-44-23-13-10-20-38(44)47;1-41(2)37-15-9-8-12-31(37)35-25-29(19-23-38(35)41)40-33-14-7-6-13-32(33)39(27-16-20-30(21-17-27)42(43,44)45)34-22-18-28(24-36(34)40)26-10-4-3-5-11-26;1-42(2)38-16-10-9-13-32(38)36-26-30(20-24-39(36)42)41-34-15-8-7-14-33(34)40(28-17-21-31(43-3)22-18-28)35-23-19-29(25-37(35)41)27-11-5-4-6-12-27/h3-29H,1-2H3;3-25H,1-2H3;4-26H,1-3H3. The predicted molar refractivity (Wildman–Crippen MR) is 570 cm³/mol. The highest BCUT2D eigenvalue weighted by atomic mass is 19.4. The van der Waals surface area contributed by atoms with Gasteiger partial charge in [0.05, 0.1) is 23.7 Å². The summed E-state index contributed by atoms with van der Waals surface area (Å²) in [5.41, 5.74) is 38.3. The molecule has 0 spiro atoms. The summed E-state index contributed by atoms with van der Waals surface area (Å²) in [5, 5.41) is 16.5. The Morgan fingerprint density at radius 3 is 0.759 bits per heavy atom. The second-order valence-corrected chi connectivity index (χ2v) is 38.4. The number of pyridine rings is 1. The van der Waals surface area contributed by atoms with E-state index < -0.39 is 11.7 Å². The number of halogens is 3. The van der Waals surface area contributed by atoms with Crippen molar-refractivity contribution in [2.45, 2.75) is 64.0 Å². The van der Waals surface area contributed by atoms with E-state index in [1.807, 2.05) is 30.3 Å². The van der Waals surface area contributed by atoms with Crippen molar-refractivity contribution in [3.05, 3.63) is 482 Å². The van der Waals surface area contributed by atoms with Crippen LogP contribution < -0.4 is 4.74 Å². The van der Waals surface area contributed by atoms with Crippen molar-refractivity contribution in [2.24, 2.45) is 0 Å². The van der Waals surface area contributed by atoms with Gasteiger partial charge < -0.3 is 4.74 Å². The third kappa shape index (κ3) is 13.9. The fraction of sp³-hybridized carbons (Fsp3) is 0.0833. The Kier molecular flexibility index (Phi) is 20.0. The molecule has 654 valence electrons. The minimum atomic E-state index is -4.39. The lowest BCUT2D eigenvalue weighted by molar-refractivity contribution is -0.137. The molecule has 3 aliphatic rings. The minimum absolute atomic E-state index is 0.0205. The molecule has 0 saturated carbocycles. The highest BCUT2D eigenvalue weighted by Gasteiger charge is 2.40. The lowest BCUT2D eigenvalue weighted by Gasteiger charge is -2.22. The second kappa shape index (κ2) is 32.8. The van der Waals surface area contributed by atoms with E-state index in [-0.39, 0.29) is 16.2 Å². The van der Waals surface area contributed by atoms with E-state index in [0.29, 0.717) is 0 Å². The Bertz CT molecular complexity index is 8800. The molecule has 3 aliphatic carbocycles. The van der Waals surface area contributed by atoms with Crippen molar-refractivity contribution in [3.8, 4) is 139 Å². The van der Waals surface area contributed by atoms with Crippen LogP contribution >= 0.6 is 0 Å². The van der Waals surface area contributed by atoms with Gasteiger partial charge in [-0.2, -0.15) is 13.2 Å². The van der Waals surface area contributed by atoms with Gasteiger partial charge in [0.15, 0.2) is 0 Å². The molecule has 26 rings (SSSR count). The van der Waals surface area contributed by atoms with Crippen LogP contribution in [-0.2, 0) is 22.4 Å². The van der Waals surface area contributed by atoms with Gasteiger partial charge in [-0.25, -0.2) is 4.98 Å². The summed E-state index contributed by atoms with van der Waals surface area (Å²) in [7, 11) is 1.72. The number of alkyl halides is 3. The molecular formula is C132H94F3NO. The number of hydrogen-bond donors (Lipinski definition) is 0. The number of aromatic nitrogens is 1. The van der Waals surface area contributed by atoms with Crippen molar-refractivity contribution < 1.29 is 17.9 Å². The van der Waals surface area contributed by atoms with Gasteiger partial charge in [0.25, 0.3) is 0 Å². The molecule has 1 heterocycles. The largest absolute Gasteiger partial charge is 0.497 e. The summed E-state index contributed by atoms with van der Waals surface area (Å²) in [5.74, 6) is 0.863. The Balaban J connectivity index is 0.000000112. The van der Waals surface area contributed by atoms with Crippen molar-refractivity contribution in [3.63, 3.8) is 0 Å². The molecule has 0 unspecified atom stereocenters. The van der Waals surface area contributed by atoms with E-state index in [4.69, 9.17) is 9.72 Å². The zero-order chi connectivity index (χ0) is 92.7. The first kappa shape index (κ1) is 83.7. The fourth-order valence-electron chi connectivity index (χ4n) is 23.1. The number of nitrogens with zero attached hydrogens (tertiary/aromatic N) is 1. The molecule has 0 saturated heterocycles. The van der Waals surface area contributed by atoms with Gasteiger partial charge in [-0.15, -0.1) is 0 Å². The number of rotatable bonds is 10. The summed E-state index contributed by atoms with van der Waals surface area (Å²) in [4.78, 5) is 5.11. The number of benzene rings is 22. The first-order valence-electron chi connectivity index (χ1n) is 47.3. The van der Waals surface area contributed by atoms with Gasteiger partial charge in [0, 0.05) is 32.6 Å². The Morgan fingerprint density at radius 2 is 0.431 bits per heavy atom. The van der Waals surface area contributed by atoms with Crippen LogP contribution in [0.1, 0.15) is 80.5 Å². The molecule has 0 amide bonds. The average molecular weight is 1770 g/mol. The van der Waals surface area contributed by atoms with Crippen LogP contribution in [0.5, 0.6) is 5.75 Å². The number of para-hydroxylation sites is 2. The van der Waals surface area contributed by atoms with E-state index in [1.54, 1.807) is 19.2 Å². The molecule has 0 fully saturated rings. The maximum atomic E-state index is 13.5. The summed E-state index contributed by atoms with van der Waals surface area (Å²) in [6.45, 7) is 14.0. The minimum Gasteiger partial charge on any atom is -0.497 e. The predicted octanol–water partition coefficient (Wildman–Crippen LogP) is 36.6. The first-order chi connectivity index (χ1) is 66.8. The average Bonchev–Trinajstić information content (AvgIpc) is 1.45. The van der Waals surface area contributed by atoms with Gasteiger partial charge in [0.1, 0.15) is 5.75 Å². The van der Waals surface area contributed by atoms with Crippen molar-refractivity contribution >= 4 is 86.4 Å². The van der Waals surface area contributed by atoms with Crippen LogP contribution in [0.3, 0.4) is 0 Å². The van der Waals surface area contributed by atoms with Gasteiger partial charge >= 0.3 is 6.18 Å². The lowest BCUT2D eigenvalue weighted by Crippen LogP contribution is -2.14. The molecule has 22 aromatic carbocycles. The molecule has 137 heavy (non-hydrogen) atoms. The van der Waals surface area contributed by atoms with Gasteiger partial charge in [0.2, 0.25) is 0 Å². The summed E-state index contributed by atoms with van der Waals surface area (Å²) >= 11 is 0. The Labute approximate surface area is 796 Å². The fourth-order valence-corrected chi connectivity index (χ4v) is 23.1. The second-order valence-electron chi connectivity index (χ2n) is 38.4. The first-order valence-corrected chi connectivity index (χ1v) is 47.3. The van der Waals surface area contributed by atoms with Crippen LogP contribution in [0.25, 0.3) is 220 Å². The molecule has 1 aromatic heterocycles. The van der Waals surface area contributed by atoms with Crippen LogP contribution in [-0.4, -0.2) is 12.1 Å². The van der Waals surface area contributed by atoms with Gasteiger partial charge in [-0.05, 0) is 299 Å². The molecule has 23 aromatic rings. The SMILES string of the molecule is CC1(C)c2ccccc2-c2cc(-c3c4ccccc4c(-c4c5ccccc5nc5ccccc45)c4ccc(-c5ccccc5)cc34)ccc21.CC1(C)c2ccccc2-c2cc(-c3c4ccccc4c(-c4ccc(C(F)(F)F)cc4)c4ccc(-c5ccccc5)cc34)ccc21.COc1ccc(-c2c3ccccc3c(-c3ccc4c(c3)-c3ccccc3C4(C)C)c3cc(-c4ccccc4)ccc23)cc1. The number of fused-ring (bicyclic) bond motifs is 17. The smallest absolute Gasteiger partial charge is 0.416 e. The monoisotopic (exact) mass is 1770 g/mol. The summed E-state index contributed by atoms with van der Waals surface area (Å²) in [6.07, 6.45) is -4.39. The third-order valence-electron chi connectivity index (χ3n) is 29.7. The topological polar surface area (TPSA) is 22.1 Å². The Morgan fingerprint density at radius 1 is 0.190 bits per heavy atom. The van der Waals surface area contributed by atoms with E-state index in [0.717, 1.165) is 71.7 Å². The van der Waals surface area contributed by atoms with E-state index in [2.05, 4.69) is 430 Å². The molecule has 2 nitrogen and oxygen atoms in total. The van der Waals surface area contributed by atoms with Crippen LogP contribution in [0.4, 0.5) is 13.2 Å². The van der Waals surface area contributed by atoms with Crippen molar-refractivity contribution in [1.29, 1.82) is 0 Å². The molecular weight excluding hydrogens is 1670 g/mol. The highest BCUT2D eigenvalue weighted by molar-refractivity contribution is 6.28. The quantitative estimate of drug-likeness (QED) is 0.127. The maximum Gasteiger partial charge on any atom is 0.416 e. The number of hydrogen-bond acceptors (Lipinski definition) is 2. The molecule has 0 bridgehead atoms. The zero-order valence-corrected chi connectivity index (χ0v) is 77.1. The lowest BCUT2D eigenvalue weighted by atomic mass is 9.81. The van der Waals surface area contributed by atoms with E-state index in [1.165, 1.54) is 200 Å². The van der Waals surface area contributed by atoms with Gasteiger partial charge in [-0.1, -0.05) is 412 Å². The van der Waals surface area contributed by atoms with Crippen molar-refractivity contribution in [1.82, 2.24) is 4.98 Å². The zero-order valence-electron chi connectivity index (χ0n) is 77.1. The summed E-state index contributed by atoms with van der Waals surface area (Å²) in [6, 6.07) is 157. The Hall–Kier alpha value is -16.3. The van der Waals surface area contributed by atoms with E-state index in [9.17, 15) is 13.2 Å². The number of ether oxygens (including phenoxy) is 1. The molecule has 0 aliphatic heterocycles. The van der Waals surface area contributed by atoms with E-state index >= 15 is 0 Å². The van der Waals surface area contributed by atoms with Gasteiger partial charge in [-0.3, -0.25) is 0 Å². The van der Waals surface area contributed by atoms with Crippen LogP contribution in [0.15, 0.2) is 443 Å². The van der Waals surface area contributed by atoms with Crippen LogP contribution in [0, 0.1) is 0 Å². The maximum absolute atomic E-state index is 13.5. The normalized spacial score (nSPS) is 13.4. The van der Waals surface area contributed by atoms with Crippen molar-refractivity contribution in [2.75, 3.05) is 7.11 Å². The molecule has 0 radical (unpaired) electrons. The van der Waals surface area contributed by atoms with Crippen LogP contribution in [0.2, 0.25) is 0 Å². The highest BCUT2D eigenvalue weighted by Crippen LogP contribution is 2.58. The molecule has 0 atom stereocenters. The third-order valence-corrected chi connectivity index (χ3v) is 29.7. The summed E-state index contributed by atoms with van der Waals surface area (Å²) < 4.78 is 46.0. The number of methoxy groups -OCH3 is 1. The molecule has 0 N–H and O–H groups in total. The molecule has 5 heteroatoms.